The Morgan fingerprint density at radius 2 is 0.899 bits per heavy atom. The Labute approximate surface area is 416 Å². The molecule has 0 atom stereocenters. The Kier molecular flexibility index (Phi) is 10.1. The molecule has 69 heavy (non-hydrogen) atoms. The van der Waals surface area contributed by atoms with Crippen molar-refractivity contribution in [2.24, 2.45) is 0 Å². The van der Waals surface area contributed by atoms with Gasteiger partial charge in [0.1, 0.15) is 99.7 Å². The normalized spacial score (nSPS) is 11.9. The monoisotopic (exact) mass is 890 g/mol. The van der Waals surface area contributed by atoms with Gasteiger partial charge in [0.15, 0.2) is 23.1 Å². The summed E-state index contributed by atoms with van der Waals surface area (Å²) in [7, 11) is 27.7. The smallest absolute Gasteiger partial charge is 0.165 e. The molecule has 12 aromatic rings. The van der Waals surface area contributed by atoms with Crippen LogP contribution in [-0.2, 0) is 0 Å². The molecule has 18 heteroatoms. The zero-order valence-electron chi connectivity index (χ0n) is 41.5. The van der Waals surface area contributed by atoms with E-state index in [0.29, 0.717) is 17.5 Å². The first-order chi connectivity index (χ1) is 33.3. The molecule has 5 nitrogen and oxygen atoms in total. The average molecular weight is 889 g/mol. The summed E-state index contributed by atoms with van der Waals surface area (Å²) in [5, 5.41) is 7.07. The number of aromatic nitrogens is 4. The SMILES string of the molecule is Bc1c(B)c(B)c(-c2c(B)c(B)c3c4c(B)c(B)c(B)c(B)c4n(-c4cccc5c4oc4cccc(-c6nc(-c7ccccc7)nc(-c7cccc8c7sc7ccccc78)n6)c45)c3c2B)c(B)c1B. The van der Waals surface area contributed by atoms with E-state index >= 15 is 0 Å². The number of benzene rings is 8. The molecule has 0 saturated carbocycles. The van der Waals surface area contributed by atoms with Crippen LogP contribution >= 0.6 is 11.3 Å². The summed E-state index contributed by atoms with van der Waals surface area (Å²) < 4.78 is 12.2. The summed E-state index contributed by atoms with van der Waals surface area (Å²) in [5.41, 5.74) is 26.6. The molecule has 4 aromatic heterocycles. The Morgan fingerprint density at radius 3 is 1.64 bits per heavy atom. The highest BCUT2D eigenvalue weighted by Crippen LogP contribution is 2.42. The van der Waals surface area contributed by atoms with Gasteiger partial charge in [-0.3, -0.25) is 0 Å². The Bertz CT molecular complexity index is 4220. The van der Waals surface area contributed by atoms with E-state index in [1.807, 2.05) is 18.2 Å². The lowest BCUT2D eigenvalue weighted by atomic mass is 9.57. The van der Waals surface area contributed by atoms with Crippen molar-refractivity contribution in [2.45, 2.75) is 0 Å². The molecule has 0 N–H and O–H groups in total. The van der Waals surface area contributed by atoms with Gasteiger partial charge in [-0.2, -0.15) is 0 Å². The van der Waals surface area contributed by atoms with Crippen LogP contribution in [0.5, 0.6) is 0 Å². The van der Waals surface area contributed by atoms with Crippen LogP contribution in [0, 0.1) is 0 Å². The van der Waals surface area contributed by atoms with E-state index in [-0.39, 0.29) is 0 Å². The molecule has 12 rings (SSSR count). The number of rotatable bonds is 5. The predicted octanol–water partition coefficient (Wildman–Crippen LogP) is -7.00. The molecule has 0 spiro atoms. The second-order valence-electron chi connectivity index (χ2n) is 19.4. The highest BCUT2D eigenvalue weighted by Gasteiger charge is 2.28. The van der Waals surface area contributed by atoms with E-state index in [1.54, 1.807) is 11.3 Å². The van der Waals surface area contributed by atoms with Crippen LogP contribution in [0.2, 0.25) is 0 Å². The van der Waals surface area contributed by atoms with Gasteiger partial charge in [-0.1, -0.05) is 129 Å². The minimum atomic E-state index is 0.603. The molecule has 0 amide bonds. The zero-order chi connectivity index (χ0) is 47.9. The summed E-state index contributed by atoms with van der Waals surface area (Å²) in [4.78, 5) is 15.9. The second-order valence-corrected chi connectivity index (χ2v) is 20.5. The van der Waals surface area contributed by atoms with Crippen LogP contribution in [0.4, 0.5) is 0 Å². The number of nitrogens with zero attached hydrogens (tertiary/aromatic N) is 4. The third-order valence-electron chi connectivity index (χ3n) is 16.2. The molecule has 314 valence electrons. The average Bonchev–Trinajstić information content (AvgIpc) is 4.07. The molecule has 4 heterocycles. The third kappa shape index (κ3) is 6.23. The maximum atomic E-state index is 7.21. The van der Waals surface area contributed by atoms with Crippen LogP contribution in [0.3, 0.4) is 0 Å². The molecule has 0 aliphatic carbocycles. The molecule has 0 aliphatic heterocycles. The van der Waals surface area contributed by atoms with Gasteiger partial charge in [0, 0.05) is 58.7 Å². The van der Waals surface area contributed by atoms with Crippen molar-refractivity contribution in [3.63, 3.8) is 0 Å². The number of para-hydroxylation sites is 1. The summed E-state index contributed by atoms with van der Waals surface area (Å²) in [6, 6.07) is 38.2. The molecular weight excluding hydrogens is 846 g/mol. The third-order valence-corrected chi connectivity index (χ3v) is 17.4. The molecule has 0 saturated heterocycles. The lowest BCUT2D eigenvalue weighted by Gasteiger charge is -2.25. The highest BCUT2D eigenvalue weighted by molar-refractivity contribution is 7.26. The fourth-order valence-electron chi connectivity index (χ4n) is 11.7. The summed E-state index contributed by atoms with van der Waals surface area (Å²) >= 11 is 1.78. The van der Waals surface area contributed by atoms with Crippen molar-refractivity contribution in [3.8, 4) is 51.0 Å². The quantitative estimate of drug-likeness (QED) is 0.162. The van der Waals surface area contributed by atoms with E-state index in [9.17, 15) is 0 Å². The second kappa shape index (κ2) is 16.0. The maximum absolute atomic E-state index is 7.21. The molecule has 8 aromatic carbocycles. The van der Waals surface area contributed by atoms with Gasteiger partial charge in [0.05, 0.1) is 5.69 Å². The van der Waals surface area contributed by atoms with Gasteiger partial charge in [0.25, 0.3) is 0 Å². The van der Waals surface area contributed by atoms with Gasteiger partial charge in [-0.25, -0.2) is 15.0 Å². The standard InChI is InChI=1S/C51H42B12N4OS/c52-33-30(29-34(53)39(58)42(61)40(59)35(29)54)38(57)45-31(36(33)55)32-37(56)41(60)43(62)44(63)46(32)67(45)25-16-7-13-22-28-23(14-8-17-26(28)68-47(22)25)50-64-49(19-9-2-1-3-10-19)65-51(66-50)24-15-6-12-21-20-11-4-5-18-27(20)69-48(21)24/h1-18H,52-63H2. The molecule has 0 fully saturated rings. The molecular formula is C51H42B12N4OS. The lowest BCUT2D eigenvalue weighted by Crippen LogP contribution is -2.56. The number of furan rings is 1. The number of thiophene rings is 1. The van der Waals surface area contributed by atoms with Gasteiger partial charge < -0.3 is 8.98 Å². The van der Waals surface area contributed by atoms with Gasteiger partial charge in [-0.05, 0) is 46.2 Å². The minimum Gasteiger partial charge on any atom is -0.454 e. The lowest BCUT2D eigenvalue weighted by molar-refractivity contribution is 0.666. The van der Waals surface area contributed by atoms with E-state index in [1.165, 1.54) is 114 Å². The summed E-state index contributed by atoms with van der Waals surface area (Å²) in [6.45, 7) is 0. The summed E-state index contributed by atoms with van der Waals surface area (Å²) in [5.74, 6) is 1.87. The van der Waals surface area contributed by atoms with Crippen molar-refractivity contribution < 1.29 is 4.42 Å². The van der Waals surface area contributed by atoms with E-state index in [4.69, 9.17) is 19.4 Å². The van der Waals surface area contributed by atoms with Crippen LogP contribution in [0.25, 0.3) is 115 Å². The number of hydrogen-bond acceptors (Lipinski definition) is 5. The largest absolute Gasteiger partial charge is 0.454 e. The predicted molar refractivity (Wildman–Crippen MR) is 334 cm³/mol. The van der Waals surface area contributed by atoms with Crippen LogP contribution in [0.15, 0.2) is 114 Å². The zero-order valence-corrected chi connectivity index (χ0v) is 42.3. The Balaban J connectivity index is 1.17. The van der Waals surface area contributed by atoms with E-state index in [0.717, 1.165) is 49.0 Å². The van der Waals surface area contributed by atoms with Crippen LogP contribution < -0.4 is 65.6 Å². The maximum Gasteiger partial charge on any atom is 0.165 e. The number of hydrogen-bond donors (Lipinski definition) is 0. The fourth-order valence-corrected chi connectivity index (χ4v) is 12.9. The van der Waals surface area contributed by atoms with Crippen molar-refractivity contribution in [1.29, 1.82) is 0 Å². The molecule has 0 aliphatic rings. The number of fused-ring (bicyclic) bond motifs is 9. The molecule has 0 unspecified atom stereocenters. The highest BCUT2D eigenvalue weighted by atomic mass is 32.1. The Morgan fingerprint density at radius 1 is 0.391 bits per heavy atom. The molecule has 0 bridgehead atoms. The van der Waals surface area contributed by atoms with E-state index in [2.05, 4.69) is 190 Å². The van der Waals surface area contributed by atoms with Crippen molar-refractivity contribution in [2.75, 3.05) is 0 Å². The first kappa shape index (κ1) is 43.6. The summed E-state index contributed by atoms with van der Waals surface area (Å²) in [6.07, 6.45) is 0. The van der Waals surface area contributed by atoms with Gasteiger partial charge in [0.2, 0.25) is 0 Å². The van der Waals surface area contributed by atoms with Crippen LogP contribution in [0.1, 0.15) is 0 Å². The van der Waals surface area contributed by atoms with Gasteiger partial charge >= 0.3 is 0 Å². The Hall–Kier alpha value is -6.63. The first-order valence-corrected chi connectivity index (χ1v) is 24.9. The molecule has 0 radical (unpaired) electrons. The van der Waals surface area contributed by atoms with Crippen molar-refractivity contribution >= 4 is 235 Å². The van der Waals surface area contributed by atoms with Gasteiger partial charge in [-0.15, -0.1) is 33.2 Å². The van der Waals surface area contributed by atoms with Crippen molar-refractivity contribution in [3.05, 3.63) is 109 Å². The van der Waals surface area contributed by atoms with Crippen LogP contribution in [-0.4, -0.2) is 114 Å². The van der Waals surface area contributed by atoms with Crippen molar-refractivity contribution in [1.82, 2.24) is 19.5 Å². The first-order valence-electron chi connectivity index (χ1n) is 24.0. The fraction of sp³-hybridized carbons (Fsp3) is 0. The topological polar surface area (TPSA) is 56.7 Å². The van der Waals surface area contributed by atoms with E-state index < -0.39 is 0 Å². The minimum absolute atomic E-state index is 0.603.